The SMILES string of the molecule is CCn1ccnc1CN1CCCN(C(=O)Cc2ccc(C)s2)CC1. The zero-order valence-electron chi connectivity index (χ0n) is 14.6. The Kier molecular flexibility index (Phi) is 5.68. The maximum absolute atomic E-state index is 12.6. The molecule has 0 atom stereocenters. The average Bonchev–Trinajstić information content (AvgIpc) is 3.10. The van der Waals surface area contributed by atoms with Crippen molar-refractivity contribution >= 4 is 17.2 Å². The van der Waals surface area contributed by atoms with Gasteiger partial charge in [-0.3, -0.25) is 9.69 Å². The second-order valence-electron chi connectivity index (χ2n) is 6.33. The lowest BCUT2D eigenvalue weighted by atomic mass is 10.3. The molecule has 3 heterocycles. The number of aromatic nitrogens is 2. The van der Waals surface area contributed by atoms with E-state index in [-0.39, 0.29) is 5.91 Å². The Hall–Kier alpha value is -1.66. The van der Waals surface area contributed by atoms with E-state index < -0.39 is 0 Å². The summed E-state index contributed by atoms with van der Waals surface area (Å²) in [6, 6.07) is 4.17. The summed E-state index contributed by atoms with van der Waals surface area (Å²) in [7, 11) is 0. The molecular formula is C18H26N4OS. The largest absolute Gasteiger partial charge is 0.341 e. The van der Waals surface area contributed by atoms with Gasteiger partial charge in [0.15, 0.2) is 0 Å². The Labute approximate surface area is 147 Å². The Morgan fingerprint density at radius 1 is 1.25 bits per heavy atom. The minimum absolute atomic E-state index is 0.258. The molecule has 24 heavy (non-hydrogen) atoms. The third-order valence-electron chi connectivity index (χ3n) is 4.57. The number of imidazole rings is 1. The van der Waals surface area contributed by atoms with Crippen molar-refractivity contribution in [2.24, 2.45) is 0 Å². The van der Waals surface area contributed by atoms with E-state index in [1.807, 2.05) is 17.3 Å². The Morgan fingerprint density at radius 3 is 2.88 bits per heavy atom. The van der Waals surface area contributed by atoms with Crippen LogP contribution >= 0.6 is 11.3 Å². The predicted octanol–water partition coefficient (Wildman–Crippen LogP) is 2.55. The number of amides is 1. The molecular weight excluding hydrogens is 320 g/mol. The number of carbonyl (C=O) groups is 1. The van der Waals surface area contributed by atoms with E-state index in [4.69, 9.17) is 0 Å². The summed E-state index contributed by atoms with van der Waals surface area (Å²) in [5, 5.41) is 0. The zero-order valence-corrected chi connectivity index (χ0v) is 15.4. The van der Waals surface area contributed by atoms with Crippen LogP contribution in [0.15, 0.2) is 24.5 Å². The first-order valence-electron chi connectivity index (χ1n) is 8.71. The van der Waals surface area contributed by atoms with Crippen LogP contribution in [0.25, 0.3) is 0 Å². The summed E-state index contributed by atoms with van der Waals surface area (Å²) in [6.07, 6.45) is 5.47. The number of thiophene rings is 1. The summed E-state index contributed by atoms with van der Waals surface area (Å²) in [5.41, 5.74) is 0. The molecule has 1 saturated heterocycles. The van der Waals surface area contributed by atoms with Crippen LogP contribution in [0.4, 0.5) is 0 Å². The van der Waals surface area contributed by atoms with Crippen LogP contribution in [0.2, 0.25) is 0 Å². The third kappa shape index (κ3) is 4.24. The van der Waals surface area contributed by atoms with Gasteiger partial charge in [0.2, 0.25) is 5.91 Å². The molecule has 0 radical (unpaired) electrons. The van der Waals surface area contributed by atoms with Crippen molar-refractivity contribution in [1.29, 1.82) is 0 Å². The molecule has 0 unspecified atom stereocenters. The number of hydrogen-bond donors (Lipinski definition) is 0. The van der Waals surface area contributed by atoms with Gasteiger partial charge in [0, 0.05) is 54.9 Å². The van der Waals surface area contributed by atoms with E-state index in [2.05, 4.69) is 40.4 Å². The van der Waals surface area contributed by atoms with Gasteiger partial charge in [0.1, 0.15) is 5.82 Å². The van der Waals surface area contributed by atoms with Crippen molar-refractivity contribution in [2.75, 3.05) is 26.2 Å². The number of nitrogens with zero attached hydrogens (tertiary/aromatic N) is 4. The van der Waals surface area contributed by atoms with Crippen LogP contribution in [-0.2, 0) is 24.3 Å². The van der Waals surface area contributed by atoms with Crippen molar-refractivity contribution in [2.45, 2.75) is 39.8 Å². The topological polar surface area (TPSA) is 41.4 Å². The van der Waals surface area contributed by atoms with Gasteiger partial charge in [-0.15, -0.1) is 11.3 Å². The highest BCUT2D eigenvalue weighted by Gasteiger charge is 2.20. The summed E-state index contributed by atoms with van der Waals surface area (Å²) in [4.78, 5) is 23.9. The van der Waals surface area contributed by atoms with Gasteiger partial charge in [-0.25, -0.2) is 4.98 Å². The van der Waals surface area contributed by atoms with Crippen LogP contribution in [0.5, 0.6) is 0 Å². The summed E-state index contributed by atoms with van der Waals surface area (Å²) < 4.78 is 2.19. The van der Waals surface area contributed by atoms with Gasteiger partial charge in [0.25, 0.3) is 0 Å². The molecule has 6 heteroatoms. The normalized spacial score (nSPS) is 16.3. The lowest BCUT2D eigenvalue weighted by Gasteiger charge is -2.22. The van der Waals surface area contributed by atoms with Crippen molar-refractivity contribution in [3.05, 3.63) is 40.1 Å². The monoisotopic (exact) mass is 346 g/mol. The molecule has 1 amide bonds. The maximum atomic E-state index is 12.6. The summed E-state index contributed by atoms with van der Waals surface area (Å²) in [6.45, 7) is 9.67. The van der Waals surface area contributed by atoms with Gasteiger partial charge in [-0.1, -0.05) is 0 Å². The molecule has 1 aliphatic heterocycles. The minimum Gasteiger partial charge on any atom is -0.341 e. The number of rotatable bonds is 5. The highest BCUT2D eigenvalue weighted by Crippen LogP contribution is 2.17. The maximum Gasteiger partial charge on any atom is 0.227 e. The van der Waals surface area contributed by atoms with Crippen LogP contribution in [0, 0.1) is 6.92 Å². The third-order valence-corrected chi connectivity index (χ3v) is 5.57. The van der Waals surface area contributed by atoms with Gasteiger partial charge < -0.3 is 9.47 Å². The molecule has 1 aliphatic rings. The fourth-order valence-corrected chi connectivity index (χ4v) is 4.08. The Balaban J connectivity index is 1.53. The van der Waals surface area contributed by atoms with E-state index in [0.717, 1.165) is 51.5 Å². The highest BCUT2D eigenvalue weighted by atomic mass is 32.1. The predicted molar refractivity (Wildman–Crippen MR) is 97.1 cm³/mol. The van der Waals surface area contributed by atoms with Crippen molar-refractivity contribution in [3.8, 4) is 0 Å². The fourth-order valence-electron chi connectivity index (χ4n) is 3.20. The van der Waals surface area contributed by atoms with Crippen molar-refractivity contribution in [3.63, 3.8) is 0 Å². The lowest BCUT2D eigenvalue weighted by molar-refractivity contribution is -0.130. The molecule has 0 aliphatic carbocycles. The van der Waals surface area contributed by atoms with Crippen LogP contribution in [-0.4, -0.2) is 51.4 Å². The molecule has 0 bridgehead atoms. The van der Waals surface area contributed by atoms with Crippen molar-refractivity contribution < 1.29 is 4.79 Å². The standard InChI is InChI=1S/C18H26N4OS/c1-3-21-10-7-19-17(21)14-20-8-4-9-22(12-11-20)18(23)13-16-6-5-15(2)24-16/h5-7,10H,3-4,8-9,11-14H2,1-2H3. The Morgan fingerprint density at radius 2 is 2.12 bits per heavy atom. The van der Waals surface area contributed by atoms with Crippen LogP contribution in [0.1, 0.15) is 28.9 Å². The second kappa shape index (κ2) is 7.94. The fraction of sp³-hybridized carbons (Fsp3) is 0.556. The van der Waals surface area contributed by atoms with Crippen molar-refractivity contribution in [1.82, 2.24) is 19.4 Å². The zero-order chi connectivity index (χ0) is 16.9. The average molecular weight is 347 g/mol. The molecule has 2 aromatic rings. The number of aryl methyl sites for hydroxylation is 2. The van der Waals surface area contributed by atoms with E-state index in [1.165, 1.54) is 9.75 Å². The lowest BCUT2D eigenvalue weighted by Crippen LogP contribution is -2.36. The number of hydrogen-bond acceptors (Lipinski definition) is 4. The molecule has 3 rings (SSSR count). The molecule has 130 valence electrons. The minimum atomic E-state index is 0.258. The van der Waals surface area contributed by atoms with Gasteiger partial charge in [0.05, 0.1) is 13.0 Å². The van der Waals surface area contributed by atoms with E-state index in [9.17, 15) is 4.79 Å². The quantitative estimate of drug-likeness (QED) is 0.835. The first kappa shape index (κ1) is 17.2. The molecule has 0 spiro atoms. The van der Waals surface area contributed by atoms with Gasteiger partial charge >= 0.3 is 0 Å². The Bertz CT molecular complexity index is 678. The van der Waals surface area contributed by atoms with Gasteiger partial charge in [-0.05, 0) is 32.4 Å². The van der Waals surface area contributed by atoms with Crippen LogP contribution < -0.4 is 0 Å². The molecule has 5 nitrogen and oxygen atoms in total. The highest BCUT2D eigenvalue weighted by molar-refractivity contribution is 7.12. The number of carbonyl (C=O) groups excluding carboxylic acids is 1. The first-order chi connectivity index (χ1) is 11.7. The molecule has 0 saturated carbocycles. The molecule has 2 aromatic heterocycles. The van der Waals surface area contributed by atoms with E-state index >= 15 is 0 Å². The molecule has 1 fully saturated rings. The van der Waals surface area contributed by atoms with Crippen LogP contribution in [0.3, 0.4) is 0 Å². The van der Waals surface area contributed by atoms with Gasteiger partial charge in [-0.2, -0.15) is 0 Å². The van der Waals surface area contributed by atoms with E-state index in [1.54, 1.807) is 11.3 Å². The molecule has 0 aromatic carbocycles. The summed E-state index contributed by atoms with van der Waals surface area (Å²) in [5.74, 6) is 1.38. The smallest absolute Gasteiger partial charge is 0.227 e. The second-order valence-corrected chi connectivity index (χ2v) is 7.70. The molecule has 0 N–H and O–H groups in total. The van der Waals surface area contributed by atoms with E-state index in [0.29, 0.717) is 6.42 Å². The summed E-state index contributed by atoms with van der Waals surface area (Å²) >= 11 is 1.72. The first-order valence-corrected chi connectivity index (χ1v) is 9.53.